The number of ether oxygens (including phenoxy) is 1. The van der Waals surface area contributed by atoms with E-state index in [0.717, 1.165) is 32.1 Å². The molecule has 0 saturated carbocycles. The summed E-state index contributed by atoms with van der Waals surface area (Å²) in [7, 11) is -3.76. The van der Waals surface area contributed by atoms with E-state index in [0.29, 0.717) is 19.6 Å². The van der Waals surface area contributed by atoms with Crippen molar-refractivity contribution in [3.8, 4) is 0 Å². The number of unbranched alkanes of at least 4 members (excludes halogenated alkanes) is 2. The Kier molecular flexibility index (Phi) is 8.07. The Morgan fingerprint density at radius 2 is 1.93 bits per heavy atom. The van der Waals surface area contributed by atoms with E-state index >= 15 is 0 Å². The molecule has 27 heavy (non-hydrogen) atoms. The third kappa shape index (κ3) is 5.92. The summed E-state index contributed by atoms with van der Waals surface area (Å²) in [5, 5.41) is 2.71. The van der Waals surface area contributed by atoms with Crippen LogP contribution in [-0.2, 0) is 19.6 Å². The quantitative estimate of drug-likeness (QED) is 0.493. The average Bonchev–Trinajstić information content (AvgIpc) is 3.19. The van der Waals surface area contributed by atoms with Crippen molar-refractivity contribution in [1.29, 1.82) is 0 Å². The second-order valence-corrected chi connectivity index (χ2v) is 8.70. The Bertz CT molecular complexity index is 776. The summed E-state index contributed by atoms with van der Waals surface area (Å²) in [5.74, 6) is -1.16. The van der Waals surface area contributed by atoms with Gasteiger partial charge in [0.25, 0.3) is 5.91 Å². The summed E-state index contributed by atoms with van der Waals surface area (Å²) in [6.45, 7) is 3.05. The number of carbonyl (C=O) groups is 2. The van der Waals surface area contributed by atoms with Crippen molar-refractivity contribution in [2.45, 2.75) is 43.9 Å². The average molecular weight is 417 g/mol. The van der Waals surface area contributed by atoms with E-state index in [4.69, 9.17) is 16.3 Å². The monoisotopic (exact) mass is 416 g/mol. The first-order valence-electron chi connectivity index (χ1n) is 9.09. The van der Waals surface area contributed by atoms with Gasteiger partial charge in [-0.15, -0.1) is 0 Å². The van der Waals surface area contributed by atoms with Gasteiger partial charge in [-0.1, -0.05) is 31.4 Å². The van der Waals surface area contributed by atoms with Gasteiger partial charge in [-0.25, -0.2) is 13.2 Å². The number of hydrogen-bond donors (Lipinski definition) is 1. The maximum absolute atomic E-state index is 12.7. The summed E-state index contributed by atoms with van der Waals surface area (Å²) < 4.78 is 31.7. The SMILES string of the molecule is CCCCCNC(=O)COC(=O)c1ccc(Cl)c(S(=O)(=O)N2CCCC2)c1. The zero-order valence-corrected chi connectivity index (χ0v) is 16.9. The van der Waals surface area contributed by atoms with E-state index in [-0.39, 0.29) is 15.5 Å². The smallest absolute Gasteiger partial charge is 0.338 e. The lowest BCUT2D eigenvalue weighted by Crippen LogP contribution is -2.30. The van der Waals surface area contributed by atoms with Crippen LogP contribution in [0.1, 0.15) is 49.4 Å². The number of benzene rings is 1. The lowest BCUT2D eigenvalue weighted by molar-refractivity contribution is -0.124. The minimum atomic E-state index is -3.76. The predicted octanol–water partition coefficient (Wildman–Crippen LogP) is 2.59. The van der Waals surface area contributed by atoms with Crippen molar-refractivity contribution in [3.05, 3.63) is 28.8 Å². The number of amides is 1. The molecule has 1 N–H and O–H groups in total. The Morgan fingerprint density at radius 1 is 1.22 bits per heavy atom. The van der Waals surface area contributed by atoms with Crippen molar-refractivity contribution in [2.24, 2.45) is 0 Å². The van der Waals surface area contributed by atoms with E-state index in [9.17, 15) is 18.0 Å². The first-order valence-corrected chi connectivity index (χ1v) is 10.9. The largest absolute Gasteiger partial charge is 0.452 e. The van der Waals surface area contributed by atoms with E-state index < -0.39 is 28.5 Å². The highest BCUT2D eigenvalue weighted by molar-refractivity contribution is 7.89. The highest BCUT2D eigenvalue weighted by Gasteiger charge is 2.30. The minimum absolute atomic E-state index is 0.0379. The van der Waals surface area contributed by atoms with Gasteiger partial charge in [0.05, 0.1) is 10.6 Å². The molecule has 9 heteroatoms. The molecule has 1 heterocycles. The molecule has 1 aromatic carbocycles. The molecule has 1 aromatic rings. The molecule has 0 bridgehead atoms. The standard InChI is InChI=1S/C18H25ClN2O5S/c1-2-3-4-9-20-17(22)13-26-18(23)14-7-8-15(19)16(12-14)27(24,25)21-10-5-6-11-21/h7-8,12H,2-6,9-11,13H2,1H3,(H,20,22). The van der Waals surface area contributed by atoms with Gasteiger partial charge in [0.15, 0.2) is 6.61 Å². The van der Waals surface area contributed by atoms with Crippen LogP contribution in [0.5, 0.6) is 0 Å². The molecule has 0 radical (unpaired) electrons. The Morgan fingerprint density at radius 3 is 2.59 bits per heavy atom. The van der Waals surface area contributed by atoms with Gasteiger partial charge in [0.1, 0.15) is 4.90 Å². The maximum atomic E-state index is 12.7. The maximum Gasteiger partial charge on any atom is 0.338 e. The lowest BCUT2D eigenvalue weighted by atomic mass is 10.2. The van der Waals surface area contributed by atoms with Gasteiger partial charge in [0.2, 0.25) is 10.0 Å². The molecular weight excluding hydrogens is 392 g/mol. The minimum Gasteiger partial charge on any atom is -0.452 e. The molecule has 0 aromatic heterocycles. The predicted molar refractivity (Wildman–Crippen MR) is 102 cm³/mol. The summed E-state index contributed by atoms with van der Waals surface area (Å²) in [5.41, 5.74) is 0.0379. The number of nitrogens with one attached hydrogen (secondary N) is 1. The molecule has 0 spiro atoms. The Balaban J connectivity index is 2.00. The van der Waals surface area contributed by atoms with Crippen LogP contribution in [0.2, 0.25) is 5.02 Å². The zero-order chi connectivity index (χ0) is 19.9. The van der Waals surface area contributed by atoms with Crippen LogP contribution in [0.15, 0.2) is 23.1 Å². The molecule has 1 saturated heterocycles. The summed E-state index contributed by atoms with van der Waals surface area (Å²) >= 11 is 6.05. The molecule has 2 rings (SSSR count). The highest BCUT2D eigenvalue weighted by Crippen LogP contribution is 2.28. The number of rotatable bonds is 9. The van der Waals surface area contributed by atoms with Crippen molar-refractivity contribution in [2.75, 3.05) is 26.2 Å². The van der Waals surface area contributed by atoms with Crippen molar-refractivity contribution >= 4 is 33.5 Å². The Labute approximate surface area is 165 Å². The van der Waals surface area contributed by atoms with Crippen LogP contribution in [-0.4, -0.2) is 50.8 Å². The van der Waals surface area contributed by atoms with Gasteiger partial charge in [-0.2, -0.15) is 4.31 Å². The number of nitrogens with zero attached hydrogens (tertiary/aromatic N) is 1. The first kappa shape index (κ1) is 21.7. The molecular formula is C18H25ClN2O5S. The number of carbonyl (C=O) groups excluding carboxylic acids is 2. The summed E-state index contributed by atoms with van der Waals surface area (Å²) in [6, 6.07) is 3.94. The highest BCUT2D eigenvalue weighted by atomic mass is 35.5. The van der Waals surface area contributed by atoms with Crippen molar-refractivity contribution < 1.29 is 22.7 Å². The first-order chi connectivity index (χ1) is 12.9. The molecule has 1 fully saturated rings. The zero-order valence-electron chi connectivity index (χ0n) is 15.4. The number of hydrogen-bond acceptors (Lipinski definition) is 5. The number of esters is 1. The fourth-order valence-corrected chi connectivity index (χ4v) is 4.78. The third-order valence-corrected chi connectivity index (χ3v) is 6.67. The second-order valence-electron chi connectivity index (χ2n) is 6.39. The molecule has 1 aliphatic heterocycles. The van der Waals surface area contributed by atoms with Crippen LogP contribution in [0.25, 0.3) is 0 Å². The van der Waals surface area contributed by atoms with Gasteiger partial charge in [-0.05, 0) is 37.5 Å². The molecule has 0 unspecified atom stereocenters. The molecule has 150 valence electrons. The van der Waals surface area contributed by atoms with Crippen LogP contribution in [0, 0.1) is 0 Å². The number of sulfonamides is 1. The second kappa shape index (κ2) is 10.1. The molecule has 0 atom stereocenters. The third-order valence-electron chi connectivity index (χ3n) is 4.29. The summed E-state index contributed by atoms with van der Waals surface area (Å²) in [6.07, 6.45) is 4.52. The van der Waals surface area contributed by atoms with Crippen LogP contribution in [0.3, 0.4) is 0 Å². The fourth-order valence-electron chi connectivity index (χ4n) is 2.76. The van der Waals surface area contributed by atoms with Gasteiger partial charge in [-0.3, -0.25) is 4.79 Å². The fraction of sp³-hybridized carbons (Fsp3) is 0.556. The molecule has 0 aliphatic carbocycles. The van der Waals surface area contributed by atoms with Gasteiger partial charge in [0, 0.05) is 19.6 Å². The normalized spacial score (nSPS) is 14.9. The number of halogens is 1. The van der Waals surface area contributed by atoms with Crippen LogP contribution < -0.4 is 5.32 Å². The lowest BCUT2D eigenvalue weighted by Gasteiger charge is -2.17. The summed E-state index contributed by atoms with van der Waals surface area (Å²) in [4.78, 5) is 23.7. The van der Waals surface area contributed by atoms with Crippen LogP contribution in [0.4, 0.5) is 0 Å². The van der Waals surface area contributed by atoms with E-state index in [1.165, 1.54) is 22.5 Å². The van der Waals surface area contributed by atoms with Gasteiger partial charge < -0.3 is 10.1 Å². The van der Waals surface area contributed by atoms with E-state index in [2.05, 4.69) is 12.2 Å². The van der Waals surface area contributed by atoms with Crippen LogP contribution >= 0.6 is 11.6 Å². The Hall–Kier alpha value is -1.64. The molecule has 1 amide bonds. The topological polar surface area (TPSA) is 92.8 Å². The molecule has 1 aliphatic rings. The van der Waals surface area contributed by atoms with E-state index in [1.807, 2.05) is 0 Å². The van der Waals surface area contributed by atoms with Crippen molar-refractivity contribution in [3.63, 3.8) is 0 Å². The van der Waals surface area contributed by atoms with Gasteiger partial charge >= 0.3 is 5.97 Å². The van der Waals surface area contributed by atoms with E-state index in [1.54, 1.807) is 0 Å². The van der Waals surface area contributed by atoms with Crippen molar-refractivity contribution in [1.82, 2.24) is 9.62 Å². The molecule has 7 nitrogen and oxygen atoms in total.